The number of anilines is 1. The van der Waals surface area contributed by atoms with E-state index in [1.807, 2.05) is 0 Å². The number of alkyl halides is 1. The van der Waals surface area contributed by atoms with E-state index in [2.05, 4.69) is 51.9 Å². The molecule has 4 unspecified atom stereocenters. The summed E-state index contributed by atoms with van der Waals surface area (Å²) in [7, 11) is 1.74. The Morgan fingerprint density at radius 3 is 2.76 bits per heavy atom. The summed E-state index contributed by atoms with van der Waals surface area (Å²) in [6.45, 7) is 5.80. The van der Waals surface area contributed by atoms with Gasteiger partial charge in [0.2, 0.25) is 0 Å². The second kappa shape index (κ2) is 6.76. The Morgan fingerprint density at radius 2 is 1.96 bits per heavy atom. The van der Waals surface area contributed by atoms with Crippen LogP contribution in [-0.4, -0.2) is 66.5 Å². The number of hydrogen-bond acceptors (Lipinski definition) is 5. The standard InChI is InChI=1S/C18H26ClN5O/c1-12-5-3-4-6-14(12)24-15-7-8-23(11-13(15)9-21-24)16-10-20-22(2)18(25)17(16)19/h3-6,13,15-17,20-21H,7-11H2,1-2H3. The summed E-state index contributed by atoms with van der Waals surface area (Å²) in [6.07, 6.45) is 1.08. The van der Waals surface area contributed by atoms with Crippen LogP contribution in [0.4, 0.5) is 5.69 Å². The largest absolute Gasteiger partial charge is 0.305 e. The van der Waals surface area contributed by atoms with E-state index in [0.717, 1.165) is 32.6 Å². The summed E-state index contributed by atoms with van der Waals surface area (Å²) in [4.78, 5) is 14.6. The molecule has 4 atom stereocenters. The lowest BCUT2D eigenvalue weighted by molar-refractivity contribution is -0.137. The highest BCUT2D eigenvalue weighted by atomic mass is 35.5. The van der Waals surface area contributed by atoms with Gasteiger partial charge in [-0.1, -0.05) is 18.2 Å². The minimum absolute atomic E-state index is 0.0360. The van der Waals surface area contributed by atoms with Gasteiger partial charge < -0.3 is 5.01 Å². The number of carbonyl (C=O) groups excluding carboxylic acids is 1. The van der Waals surface area contributed by atoms with Gasteiger partial charge >= 0.3 is 0 Å². The van der Waals surface area contributed by atoms with E-state index in [4.69, 9.17) is 11.6 Å². The Labute approximate surface area is 154 Å². The summed E-state index contributed by atoms with van der Waals surface area (Å²) in [6, 6.07) is 9.10. The zero-order chi connectivity index (χ0) is 17.6. The van der Waals surface area contributed by atoms with Crippen LogP contribution in [0.15, 0.2) is 24.3 Å². The monoisotopic (exact) mass is 363 g/mol. The number of nitrogens with zero attached hydrogens (tertiary/aromatic N) is 3. The van der Waals surface area contributed by atoms with E-state index in [1.54, 1.807) is 7.05 Å². The summed E-state index contributed by atoms with van der Waals surface area (Å²) < 4.78 is 0. The number of benzene rings is 1. The molecule has 0 bridgehead atoms. The number of hydrazine groups is 2. The Kier molecular flexibility index (Phi) is 4.62. The van der Waals surface area contributed by atoms with E-state index in [1.165, 1.54) is 16.3 Å². The first kappa shape index (κ1) is 17.1. The smallest absolute Gasteiger partial charge is 0.256 e. The lowest BCUT2D eigenvalue weighted by atomic mass is 9.91. The molecule has 136 valence electrons. The van der Waals surface area contributed by atoms with E-state index >= 15 is 0 Å². The fourth-order valence-corrected chi connectivity index (χ4v) is 4.79. The highest BCUT2D eigenvalue weighted by Crippen LogP contribution is 2.33. The molecule has 6 nitrogen and oxygen atoms in total. The van der Waals surface area contributed by atoms with Crippen molar-refractivity contribution >= 4 is 23.2 Å². The Balaban J connectivity index is 1.45. The van der Waals surface area contributed by atoms with E-state index in [9.17, 15) is 4.79 Å². The van der Waals surface area contributed by atoms with E-state index < -0.39 is 5.38 Å². The van der Waals surface area contributed by atoms with Crippen LogP contribution < -0.4 is 15.9 Å². The van der Waals surface area contributed by atoms with Crippen molar-refractivity contribution in [2.75, 3.05) is 38.2 Å². The quantitative estimate of drug-likeness (QED) is 0.767. The second-order valence-corrected chi connectivity index (χ2v) is 7.83. The average Bonchev–Trinajstić information content (AvgIpc) is 3.03. The Morgan fingerprint density at radius 1 is 1.16 bits per heavy atom. The van der Waals surface area contributed by atoms with E-state index in [-0.39, 0.29) is 11.9 Å². The van der Waals surface area contributed by atoms with Gasteiger partial charge in [0.05, 0.1) is 11.7 Å². The van der Waals surface area contributed by atoms with Crippen LogP contribution in [-0.2, 0) is 4.79 Å². The maximum Gasteiger partial charge on any atom is 0.256 e. The first-order valence-corrected chi connectivity index (χ1v) is 9.47. The van der Waals surface area contributed by atoms with Crippen molar-refractivity contribution in [2.24, 2.45) is 5.92 Å². The van der Waals surface area contributed by atoms with Crippen molar-refractivity contribution in [1.82, 2.24) is 20.8 Å². The van der Waals surface area contributed by atoms with Gasteiger partial charge in [0.15, 0.2) is 0 Å². The molecule has 1 aromatic rings. The summed E-state index contributed by atoms with van der Waals surface area (Å²) in [5.41, 5.74) is 9.30. The number of amides is 1. The molecule has 3 fully saturated rings. The van der Waals surface area contributed by atoms with Crippen LogP contribution in [0.3, 0.4) is 0 Å². The molecule has 0 radical (unpaired) electrons. The fraction of sp³-hybridized carbons (Fsp3) is 0.611. The highest BCUT2D eigenvalue weighted by molar-refractivity contribution is 6.31. The molecule has 25 heavy (non-hydrogen) atoms. The van der Waals surface area contributed by atoms with Crippen molar-refractivity contribution < 1.29 is 4.79 Å². The minimum Gasteiger partial charge on any atom is -0.305 e. The SMILES string of the molecule is Cc1ccccc1N1NCC2CN(C3CNN(C)C(=O)C3Cl)CCC21. The molecular formula is C18H26ClN5O. The fourth-order valence-electron chi connectivity index (χ4n) is 4.40. The van der Waals surface area contributed by atoms with Crippen molar-refractivity contribution in [2.45, 2.75) is 30.8 Å². The topological polar surface area (TPSA) is 50.9 Å². The molecule has 0 aliphatic carbocycles. The molecule has 3 aliphatic heterocycles. The zero-order valence-corrected chi connectivity index (χ0v) is 15.5. The number of aryl methyl sites for hydroxylation is 1. The molecule has 2 N–H and O–H groups in total. The lowest BCUT2D eigenvalue weighted by Crippen LogP contribution is -2.64. The van der Waals surface area contributed by atoms with Crippen LogP contribution in [0.25, 0.3) is 0 Å². The number of piperidine rings is 1. The molecule has 3 saturated heterocycles. The molecule has 0 spiro atoms. The third-order valence-corrected chi connectivity index (χ3v) is 6.34. The number of likely N-dealkylation sites (tertiary alicyclic amines) is 1. The van der Waals surface area contributed by atoms with Crippen LogP contribution in [0.1, 0.15) is 12.0 Å². The van der Waals surface area contributed by atoms with Crippen molar-refractivity contribution in [3.8, 4) is 0 Å². The molecule has 3 heterocycles. The summed E-state index contributed by atoms with van der Waals surface area (Å²) in [5.74, 6) is 0.512. The van der Waals surface area contributed by atoms with Gasteiger partial charge in [-0.05, 0) is 25.0 Å². The lowest BCUT2D eigenvalue weighted by Gasteiger charge is -2.45. The summed E-state index contributed by atoms with van der Waals surface area (Å²) in [5, 5.41) is 3.40. The molecule has 3 aliphatic rings. The van der Waals surface area contributed by atoms with Gasteiger partial charge in [0, 0.05) is 45.2 Å². The molecule has 4 rings (SSSR count). The third-order valence-electron chi connectivity index (χ3n) is 5.87. The maximum atomic E-state index is 12.2. The first-order valence-electron chi connectivity index (χ1n) is 9.04. The molecule has 7 heteroatoms. The molecule has 0 aromatic heterocycles. The highest BCUT2D eigenvalue weighted by Gasteiger charge is 2.44. The number of para-hydroxylation sites is 1. The van der Waals surface area contributed by atoms with E-state index in [0.29, 0.717) is 12.0 Å². The third kappa shape index (κ3) is 3.01. The molecular weight excluding hydrogens is 338 g/mol. The second-order valence-electron chi connectivity index (χ2n) is 7.36. The van der Waals surface area contributed by atoms with Crippen molar-refractivity contribution in [3.63, 3.8) is 0 Å². The van der Waals surface area contributed by atoms with Crippen molar-refractivity contribution in [3.05, 3.63) is 29.8 Å². The molecule has 1 amide bonds. The number of hydrogen-bond donors (Lipinski definition) is 2. The van der Waals surface area contributed by atoms with Gasteiger partial charge in [-0.25, -0.2) is 10.9 Å². The molecule has 1 aromatic carbocycles. The van der Waals surface area contributed by atoms with Crippen LogP contribution in [0, 0.1) is 12.8 Å². The van der Waals surface area contributed by atoms with Crippen LogP contribution >= 0.6 is 11.6 Å². The maximum absolute atomic E-state index is 12.2. The number of rotatable bonds is 2. The number of nitrogens with one attached hydrogen (secondary N) is 2. The molecule has 0 saturated carbocycles. The first-order chi connectivity index (χ1) is 12.1. The Hall–Kier alpha value is -1.34. The predicted molar refractivity (Wildman–Crippen MR) is 99.3 cm³/mol. The number of fused-ring (bicyclic) bond motifs is 1. The van der Waals surface area contributed by atoms with Gasteiger partial charge in [-0.15, -0.1) is 11.6 Å². The number of halogens is 1. The summed E-state index contributed by atoms with van der Waals surface area (Å²) >= 11 is 6.45. The predicted octanol–water partition coefficient (Wildman–Crippen LogP) is 0.963. The zero-order valence-electron chi connectivity index (χ0n) is 14.8. The van der Waals surface area contributed by atoms with Crippen LogP contribution in [0.5, 0.6) is 0 Å². The van der Waals surface area contributed by atoms with Gasteiger partial charge in [-0.2, -0.15) is 0 Å². The van der Waals surface area contributed by atoms with Crippen LogP contribution in [0.2, 0.25) is 0 Å². The Bertz CT molecular complexity index is 656. The van der Waals surface area contributed by atoms with Gasteiger partial charge in [0.25, 0.3) is 5.91 Å². The average molecular weight is 364 g/mol. The van der Waals surface area contributed by atoms with Gasteiger partial charge in [-0.3, -0.25) is 14.7 Å². The normalized spacial score (nSPS) is 33.6. The number of carbonyl (C=O) groups is 1. The minimum atomic E-state index is -0.468. The van der Waals surface area contributed by atoms with Crippen molar-refractivity contribution in [1.29, 1.82) is 0 Å². The van der Waals surface area contributed by atoms with Gasteiger partial charge in [0.1, 0.15) is 5.38 Å².